The number of hydrogen-bond donors (Lipinski definition) is 0. The van der Waals surface area contributed by atoms with Crippen molar-refractivity contribution >= 4 is 23.1 Å². The number of carbonyl (C=O) groups excluding carboxylic acids is 2. The van der Waals surface area contributed by atoms with Crippen LogP contribution in [0.5, 0.6) is 5.75 Å². The first kappa shape index (κ1) is 22.0. The second kappa shape index (κ2) is 8.74. The van der Waals surface area contributed by atoms with Gasteiger partial charge in [0.1, 0.15) is 17.3 Å². The number of morpholine rings is 1. The first-order chi connectivity index (χ1) is 15.2. The monoisotopic (exact) mass is 438 g/mol. The molecule has 0 bridgehead atoms. The highest BCUT2D eigenvalue weighted by atomic mass is 19.1. The maximum atomic E-state index is 13.6. The standard InChI is InChI=1S/C25H27FN2O4/c1-15(2)31-21-11-9-20(10-12-21)28-24(29)22(18-5-7-19(26)8-6-18)23(25(28)30)27-13-16(3)32-17(4)14-27/h5-12,15-17H,13-14H2,1-4H3. The molecule has 1 fully saturated rings. The molecule has 0 spiro atoms. The summed E-state index contributed by atoms with van der Waals surface area (Å²) in [5, 5.41) is 0. The number of carbonyl (C=O) groups is 2. The Morgan fingerprint density at radius 2 is 1.53 bits per heavy atom. The van der Waals surface area contributed by atoms with Crippen LogP contribution in [-0.4, -0.2) is 48.1 Å². The molecule has 2 aliphatic heterocycles. The van der Waals surface area contributed by atoms with E-state index in [1.54, 1.807) is 24.3 Å². The maximum absolute atomic E-state index is 13.6. The smallest absolute Gasteiger partial charge is 0.282 e. The number of anilines is 1. The van der Waals surface area contributed by atoms with Gasteiger partial charge in [0.2, 0.25) is 0 Å². The Kier molecular flexibility index (Phi) is 6.02. The van der Waals surface area contributed by atoms with Crippen LogP contribution in [-0.2, 0) is 14.3 Å². The van der Waals surface area contributed by atoms with Gasteiger partial charge in [-0.3, -0.25) is 9.59 Å². The van der Waals surface area contributed by atoms with Gasteiger partial charge in [-0.2, -0.15) is 0 Å². The van der Waals surface area contributed by atoms with Crippen LogP contribution in [0.25, 0.3) is 5.57 Å². The minimum atomic E-state index is -0.430. The molecule has 0 N–H and O–H groups in total. The van der Waals surface area contributed by atoms with Crippen molar-refractivity contribution in [1.82, 2.24) is 4.90 Å². The second-order valence-electron chi connectivity index (χ2n) is 8.50. The molecular formula is C25H27FN2O4. The molecule has 2 atom stereocenters. The van der Waals surface area contributed by atoms with Crippen LogP contribution in [0, 0.1) is 5.82 Å². The molecular weight excluding hydrogens is 411 g/mol. The van der Waals surface area contributed by atoms with Gasteiger partial charge in [-0.15, -0.1) is 0 Å². The topological polar surface area (TPSA) is 59.1 Å². The van der Waals surface area contributed by atoms with E-state index in [4.69, 9.17) is 9.47 Å². The average Bonchev–Trinajstić information content (AvgIpc) is 2.98. The van der Waals surface area contributed by atoms with E-state index in [-0.39, 0.29) is 23.9 Å². The third-order valence-electron chi connectivity index (χ3n) is 5.39. The highest BCUT2D eigenvalue weighted by Crippen LogP contribution is 2.36. The average molecular weight is 438 g/mol. The molecule has 2 aromatic carbocycles. The number of hydrogen-bond acceptors (Lipinski definition) is 5. The van der Waals surface area contributed by atoms with E-state index >= 15 is 0 Å². The van der Waals surface area contributed by atoms with Crippen molar-refractivity contribution in [2.24, 2.45) is 0 Å². The molecule has 0 aromatic heterocycles. The molecule has 2 aromatic rings. The van der Waals surface area contributed by atoms with Gasteiger partial charge < -0.3 is 14.4 Å². The van der Waals surface area contributed by atoms with Crippen molar-refractivity contribution < 1.29 is 23.5 Å². The van der Waals surface area contributed by atoms with Crippen molar-refractivity contribution in [3.63, 3.8) is 0 Å². The molecule has 7 heteroatoms. The lowest BCUT2D eigenvalue weighted by Crippen LogP contribution is -2.47. The summed E-state index contributed by atoms with van der Waals surface area (Å²) in [6, 6.07) is 12.5. The summed E-state index contributed by atoms with van der Waals surface area (Å²) in [6.07, 6.45) is -0.171. The lowest BCUT2D eigenvalue weighted by atomic mass is 10.0. The molecule has 1 saturated heterocycles. The van der Waals surface area contributed by atoms with Crippen molar-refractivity contribution in [1.29, 1.82) is 0 Å². The van der Waals surface area contributed by atoms with Crippen molar-refractivity contribution in [2.75, 3.05) is 18.0 Å². The number of benzene rings is 2. The van der Waals surface area contributed by atoms with Gasteiger partial charge in [-0.05, 0) is 69.7 Å². The number of amides is 2. The van der Waals surface area contributed by atoms with E-state index in [2.05, 4.69) is 0 Å². The molecule has 168 valence electrons. The van der Waals surface area contributed by atoms with Gasteiger partial charge in [0, 0.05) is 13.1 Å². The van der Waals surface area contributed by atoms with Gasteiger partial charge in [0.15, 0.2) is 0 Å². The number of rotatable bonds is 5. The van der Waals surface area contributed by atoms with Crippen molar-refractivity contribution in [2.45, 2.75) is 46.0 Å². The minimum absolute atomic E-state index is 0.0135. The second-order valence-corrected chi connectivity index (χ2v) is 8.50. The SMILES string of the molecule is CC(C)Oc1ccc(N2C(=O)C(c3ccc(F)cc3)=C(N3CC(C)OC(C)C3)C2=O)cc1. The largest absolute Gasteiger partial charge is 0.491 e. The van der Waals surface area contributed by atoms with Crippen LogP contribution in [0.2, 0.25) is 0 Å². The zero-order chi connectivity index (χ0) is 23.0. The summed E-state index contributed by atoms with van der Waals surface area (Å²) >= 11 is 0. The fraction of sp³-hybridized carbons (Fsp3) is 0.360. The predicted octanol–water partition coefficient (Wildman–Crippen LogP) is 4.01. The lowest BCUT2D eigenvalue weighted by Gasteiger charge is -2.37. The summed E-state index contributed by atoms with van der Waals surface area (Å²) in [7, 11) is 0. The third kappa shape index (κ3) is 4.25. The maximum Gasteiger partial charge on any atom is 0.282 e. The first-order valence-electron chi connectivity index (χ1n) is 10.8. The van der Waals surface area contributed by atoms with E-state index < -0.39 is 17.6 Å². The quantitative estimate of drug-likeness (QED) is 0.661. The summed E-state index contributed by atoms with van der Waals surface area (Å²) < 4.78 is 25.0. The molecule has 0 aliphatic carbocycles. The summed E-state index contributed by atoms with van der Waals surface area (Å²) in [6.45, 7) is 8.70. The Bertz CT molecular complexity index is 1040. The van der Waals surface area contributed by atoms with Crippen LogP contribution >= 0.6 is 0 Å². The minimum Gasteiger partial charge on any atom is -0.491 e. The fourth-order valence-electron chi connectivity index (χ4n) is 4.23. The molecule has 2 amide bonds. The van der Waals surface area contributed by atoms with Gasteiger partial charge in [-0.1, -0.05) is 12.1 Å². The van der Waals surface area contributed by atoms with E-state index in [1.165, 1.54) is 29.2 Å². The molecule has 0 radical (unpaired) electrons. The highest BCUT2D eigenvalue weighted by Gasteiger charge is 2.43. The number of ether oxygens (including phenoxy) is 2. The highest BCUT2D eigenvalue weighted by molar-refractivity contribution is 6.45. The Morgan fingerprint density at radius 1 is 0.938 bits per heavy atom. The number of imide groups is 1. The molecule has 2 heterocycles. The van der Waals surface area contributed by atoms with Crippen LogP contribution in [0.15, 0.2) is 54.2 Å². The Labute approximate surface area is 187 Å². The predicted molar refractivity (Wildman–Crippen MR) is 120 cm³/mol. The van der Waals surface area contributed by atoms with Gasteiger partial charge in [0.25, 0.3) is 11.8 Å². The molecule has 2 aliphatic rings. The summed E-state index contributed by atoms with van der Waals surface area (Å²) in [5.41, 5.74) is 1.57. The molecule has 6 nitrogen and oxygen atoms in total. The van der Waals surface area contributed by atoms with E-state index in [9.17, 15) is 14.0 Å². The third-order valence-corrected chi connectivity index (χ3v) is 5.39. The van der Waals surface area contributed by atoms with Crippen LogP contribution in [0.3, 0.4) is 0 Å². The van der Waals surface area contributed by atoms with Gasteiger partial charge >= 0.3 is 0 Å². The normalized spacial score (nSPS) is 21.7. The van der Waals surface area contributed by atoms with Gasteiger partial charge in [-0.25, -0.2) is 9.29 Å². The summed E-state index contributed by atoms with van der Waals surface area (Å²) in [4.78, 5) is 30.2. The number of nitrogens with zero attached hydrogens (tertiary/aromatic N) is 2. The summed E-state index contributed by atoms with van der Waals surface area (Å²) in [5.74, 6) is -0.571. The molecule has 2 unspecified atom stereocenters. The Balaban J connectivity index is 1.75. The van der Waals surface area contributed by atoms with Crippen LogP contribution in [0.4, 0.5) is 10.1 Å². The zero-order valence-corrected chi connectivity index (χ0v) is 18.7. The van der Waals surface area contributed by atoms with Crippen molar-refractivity contribution in [3.8, 4) is 5.75 Å². The Morgan fingerprint density at radius 3 is 2.09 bits per heavy atom. The van der Waals surface area contributed by atoms with E-state index in [0.717, 1.165) is 0 Å². The van der Waals surface area contributed by atoms with Crippen molar-refractivity contribution in [3.05, 3.63) is 65.6 Å². The van der Waals surface area contributed by atoms with Crippen LogP contribution in [0.1, 0.15) is 33.3 Å². The van der Waals surface area contributed by atoms with E-state index in [1.807, 2.05) is 32.6 Å². The lowest BCUT2D eigenvalue weighted by molar-refractivity contribution is -0.121. The zero-order valence-electron chi connectivity index (χ0n) is 18.7. The molecule has 32 heavy (non-hydrogen) atoms. The first-order valence-corrected chi connectivity index (χ1v) is 10.8. The fourth-order valence-corrected chi connectivity index (χ4v) is 4.23. The van der Waals surface area contributed by atoms with E-state index in [0.29, 0.717) is 35.8 Å². The van der Waals surface area contributed by atoms with Crippen LogP contribution < -0.4 is 9.64 Å². The molecule has 4 rings (SSSR count). The number of halogens is 1. The van der Waals surface area contributed by atoms with Gasteiger partial charge in [0.05, 0.1) is 29.6 Å². The molecule has 0 saturated carbocycles. The Hall–Kier alpha value is -3.19.